The molecule has 0 amide bonds. The number of hydrogen-bond acceptors (Lipinski definition) is 3. The molecule has 0 radical (unpaired) electrons. The van der Waals surface area contributed by atoms with Crippen LogP contribution in [0.25, 0.3) is 0 Å². The molecule has 2 N–H and O–H groups in total. The normalized spacial score (nSPS) is 15.0. The Bertz CT molecular complexity index is 543. The van der Waals surface area contributed by atoms with Crippen molar-refractivity contribution in [3.05, 3.63) is 51.2 Å². The largest absolute Gasteiger partial charge is 0.326 e. The number of thiazole rings is 1. The van der Waals surface area contributed by atoms with Gasteiger partial charge in [-0.1, -0.05) is 12.1 Å². The van der Waals surface area contributed by atoms with Crippen LogP contribution in [0.1, 0.15) is 39.9 Å². The van der Waals surface area contributed by atoms with Crippen LogP contribution in [0.4, 0.5) is 4.39 Å². The van der Waals surface area contributed by atoms with Gasteiger partial charge in [-0.25, -0.2) is 9.37 Å². The number of nitrogens with two attached hydrogens (primary N) is 1. The van der Waals surface area contributed by atoms with E-state index in [0.29, 0.717) is 12.5 Å². The van der Waals surface area contributed by atoms with Gasteiger partial charge in [0.1, 0.15) is 5.82 Å². The standard InChI is InChI=1S/C14H15FN2S/c15-11-5-1-9(2-6-11)7-13-17-14(10-3-4-10)12(8-16)18-13/h1-2,5-6,10H,3-4,7-8,16H2. The first kappa shape index (κ1) is 11.8. The fraction of sp³-hybridized carbons (Fsp3) is 0.357. The van der Waals surface area contributed by atoms with Crippen molar-refractivity contribution in [3.8, 4) is 0 Å². The molecule has 1 aliphatic rings. The molecule has 0 aliphatic heterocycles. The number of aromatic nitrogens is 1. The van der Waals surface area contributed by atoms with Crippen LogP contribution in [0, 0.1) is 5.82 Å². The van der Waals surface area contributed by atoms with E-state index in [2.05, 4.69) is 0 Å². The third-order valence-electron chi connectivity index (χ3n) is 3.19. The predicted octanol–water partition coefficient (Wildman–Crippen LogP) is 3.21. The fourth-order valence-electron chi connectivity index (χ4n) is 2.09. The summed E-state index contributed by atoms with van der Waals surface area (Å²) in [4.78, 5) is 5.92. The Morgan fingerprint density at radius 3 is 2.61 bits per heavy atom. The molecular weight excluding hydrogens is 247 g/mol. The molecule has 1 fully saturated rings. The smallest absolute Gasteiger partial charge is 0.123 e. The lowest BCUT2D eigenvalue weighted by molar-refractivity contribution is 0.627. The van der Waals surface area contributed by atoms with Crippen LogP contribution in [0.2, 0.25) is 0 Å². The molecule has 4 heteroatoms. The summed E-state index contributed by atoms with van der Waals surface area (Å²) in [5.74, 6) is 0.445. The van der Waals surface area contributed by atoms with E-state index in [0.717, 1.165) is 17.0 Å². The Morgan fingerprint density at radius 1 is 1.28 bits per heavy atom. The van der Waals surface area contributed by atoms with Gasteiger partial charge in [-0.05, 0) is 30.5 Å². The molecule has 1 heterocycles. The van der Waals surface area contributed by atoms with Gasteiger partial charge in [-0.2, -0.15) is 0 Å². The van der Waals surface area contributed by atoms with Crippen molar-refractivity contribution in [1.29, 1.82) is 0 Å². The highest BCUT2D eigenvalue weighted by Crippen LogP contribution is 2.42. The van der Waals surface area contributed by atoms with Gasteiger partial charge < -0.3 is 5.73 Å². The SMILES string of the molecule is NCc1sc(Cc2ccc(F)cc2)nc1C1CC1. The summed E-state index contributed by atoms with van der Waals surface area (Å²) in [6, 6.07) is 6.62. The average molecular weight is 262 g/mol. The van der Waals surface area contributed by atoms with E-state index < -0.39 is 0 Å². The maximum atomic E-state index is 12.8. The zero-order chi connectivity index (χ0) is 12.5. The molecule has 1 aromatic carbocycles. The number of halogens is 1. The fourth-order valence-corrected chi connectivity index (χ4v) is 3.16. The number of hydrogen-bond donors (Lipinski definition) is 1. The van der Waals surface area contributed by atoms with Crippen molar-refractivity contribution >= 4 is 11.3 Å². The van der Waals surface area contributed by atoms with Crippen LogP contribution in [0.5, 0.6) is 0 Å². The first-order chi connectivity index (χ1) is 8.76. The average Bonchev–Trinajstić information content (AvgIpc) is 3.14. The van der Waals surface area contributed by atoms with Gasteiger partial charge >= 0.3 is 0 Å². The summed E-state index contributed by atoms with van der Waals surface area (Å²) < 4.78 is 12.8. The molecule has 0 atom stereocenters. The van der Waals surface area contributed by atoms with Gasteiger partial charge in [0, 0.05) is 23.8 Å². The van der Waals surface area contributed by atoms with Gasteiger partial charge in [0.05, 0.1) is 10.7 Å². The molecule has 1 aliphatic carbocycles. The van der Waals surface area contributed by atoms with E-state index in [1.807, 2.05) is 12.1 Å². The van der Waals surface area contributed by atoms with E-state index in [1.165, 1.54) is 35.5 Å². The monoisotopic (exact) mass is 262 g/mol. The summed E-state index contributed by atoms with van der Waals surface area (Å²) in [6.45, 7) is 0.576. The maximum absolute atomic E-state index is 12.8. The van der Waals surface area contributed by atoms with Crippen LogP contribution >= 0.6 is 11.3 Å². The lowest BCUT2D eigenvalue weighted by atomic mass is 10.1. The van der Waals surface area contributed by atoms with Crippen molar-refractivity contribution in [2.75, 3.05) is 0 Å². The topological polar surface area (TPSA) is 38.9 Å². The van der Waals surface area contributed by atoms with Gasteiger partial charge in [-0.15, -0.1) is 11.3 Å². The van der Waals surface area contributed by atoms with Crippen molar-refractivity contribution in [3.63, 3.8) is 0 Å². The van der Waals surface area contributed by atoms with E-state index in [4.69, 9.17) is 10.7 Å². The first-order valence-electron chi connectivity index (χ1n) is 6.19. The summed E-state index contributed by atoms with van der Waals surface area (Å²) in [5, 5.41) is 1.09. The van der Waals surface area contributed by atoms with E-state index >= 15 is 0 Å². The van der Waals surface area contributed by atoms with Crippen molar-refractivity contribution < 1.29 is 4.39 Å². The highest BCUT2D eigenvalue weighted by Gasteiger charge is 2.29. The van der Waals surface area contributed by atoms with Gasteiger partial charge in [0.15, 0.2) is 0 Å². The molecule has 0 unspecified atom stereocenters. The van der Waals surface area contributed by atoms with Crippen LogP contribution in [-0.2, 0) is 13.0 Å². The maximum Gasteiger partial charge on any atom is 0.123 e. The molecule has 2 nitrogen and oxygen atoms in total. The van der Waals surface area contributed by atoms with Crippen molar-refractivity contribution in [1.82, 2.24) is 4.98 Å². The Labute approximate surface area is 110 Å². The van der Waals surface area contributed by atoms with Gasteiger partial charge in [-0.3, -0.25) is 0 Å². The van der Waals surface area contributed by atoms with Crippen molar-refractivity contribution in [2.24, 2.45) is 5.73 Å². The van der Waals surface area contributed by atoms with E-state index in [1.54, 1.807) is 11.3 Å². The summed E-state index contributed by atoms with van der Waals surface area (Å²) in [6.07, 6.45) is 3.25. The molecule has 18 heavy (non-hydrogen) atoms. The molecule has 0 saturated heterocycles. The highest BCUT2D eigenvalue weighted by atomic mass is 32.1. The van der Waals surface area contributed by atoms with Crippen LogP contribution in [0.15, 0.2) is 24.3 Å². The minimum absolute atomic E-state index is 0.195. The summed E-state index contributed by atoms with van der Waals surface area (Å²) in [7, 11) is 0. The second-order valence-corrected chi connectivity index (χ2v) is 5.87. The Hall–Kier alpha value is -1.26. The second-order valence-electron chi connectivity index (χ2n) is 4.70. The third kappa shape index (κ3) is 2.44. The van der Waals surface area contributed by atoms with Crippen LogP contribution in [-0.4, -0.2) is 4.98 Å². The molecule has 1 saturated carbocycles. The lowest BCUT2D eigenvalue weighted by Gasteiger charge is -1.97. The third-order valence-corrected chi connectivity index (χ3v) is 4.28. The predicted molar refractivity (Wildman–Crippen MR) is 71.2 cm³/mol. The Balaban J connectivity index is 1.81. The minimum Gasteiger partial charge on any atom is -0.326 e. The molecule has 0 spiro atoms. The zero-order valence-corrected chi connectivity index (χ0v) is 10.8. The van der Waals surface area contributed by atoms with Crippen LogP contribution in [0.3, 0.4) is 0 Å². The molecule has 0 bridgehead atoms. The molecule has 2 aromatic rings. The van der Waals surface area contributed by atoms with Crippen molar-refractivity contribution in [2.45, 2.75) is 31.7 Å². The second kappa shape index (κ2) is 4.78. The Morgan fingerprint density at radius 2 is 2.00 bits per heavy atom. The Kier molecular flexibility index (Phi) is 3.14. The van der Waals surface area contributed by atoms with E-state index in [9.17, 15) is 4.39 Å². The molecular formula is C14H15FN2S. The lowest BCUT2D eigenvalue weighted by Crippen LogP contribution is -1.96. The van der Waals surface area contributed by atoms with Gasteiger partial charge in [0.2, 0.25) is 0 Å². The highest BCUT2D eigenvalue weighted by molar-refractivity contribution is 7.11. The first-order valence-corrected chi connectivity index (χ1v) is 7.01. The summed E-state index contributed by atoms with van der Waals surface area (Å²) in [5.41, 5.74) is 8.07. The van der Waals surface area contributed by atoms with Gasteiger partial charge in [0.25, 0.3) is 0 Å². The number of benzene rings is 1. The number of nitrogens with zero attached hydrogens (tertiary/aromatic N) is 1. The quantitative estimate of drug-likeness (QED) is 0.919. The molecule has 3 rings (SSSR count). The summed E-state index contributed by atoms with van der Waals surface area (Å²) >= 11 is 1.70. The molecule has 1 aromatic heterocycles. The van der Waals surface area contributed by atoms with E-state index in [-0.39, 0.29) is 5.82 Å². The zero-order valence-electron chi connectivity index (χ0n) is 10.0. The van der Waals surface area contributed by atoms with Crippen LogP contribution < -0.4 is 5.73 Å². The molecule has 94 valence electrons. The number of rotatable bonds is 4. The minimum atomic E-state index is -0.195.